The number of methoxy groups -OCH3 is 1. The van der Waals surface area contributed by atoms with Gasteiger partial charge in [0.2, 0.25) is 5.76 Å². The van der Waals surface area contributed by atoms with Gasteiger partial charge in [0.05, 0.1) is 29.8 Å². The van der Waals surface area contributed by atoms with Gasteiger partial charge in [-0.25, -0.2) is 0 Å². The van der Waals surface area contributed by atoms with Crippen molar-refractivity contribution in [2.45, 2.75) is 13.0 Å². The predicted molar refractivity (Wildman–Crippen MR) is 91.7 cm³/mol. The van der Waals surface area contributed by atoms with E-state index >= 15 is 0 Å². The number of carbonyl (C=O) groups is 2. The molecule has 0 radical (unpaired) electrons. The van der Waals surface area contributed by atoms with Gasteiger partial charge in [0.25, 0.3) is 0 Å². The van der Waals surface area contributed by atoms with Gasteiger partial charge in [-0.2, -0.15) is 4.99 Å². The van der Waals surface area contributed by atoms with Crippen molar-refractivity contribution in [1.82, 2.24) is 4.57 Å². The fraction of sp³-hybridized carbons (Fsp3) is 0.188. The molecule has 10 heteroatoms. The van der Waals surface area contributed by atoms with Gasteiger partial charge in [-0.15, -0.1) is 0 Å². The highest BCUT2D eigenvalue weighted by atomic mass is 32.1. The predicted octanol–water partition coefficient (Wildman–Crippen LogP) is 2.51. The van der Waals surface area contributed by atoms with Crippen LogP contribution >= 0.6 is 11.3 Å². The summed E-state index contributed by atoms with van der Waals surface area (Å²) in [6.07, 6.45) is 0.116. The fourth-order valence-electron chi connectivity index (χ4n) is 2.31. The van der Waals surface area contributed by atoms with E-state index in [1.165, 1.54) is 24.5 Å². The first-order chi connectivity index (χ1) is 12.5. The lowest BCUT2D eigenvalue weighted by molar-refractivity contribution is -0.402. The Morgan fingerprint density at radius 3 is 2.77 bits per heavy atom. The molecule has 3 rings (SSSR count). The lowest BCUT2D eigenvalue weighted by Crippen LogP contribution is -2.19. The number of esters is 1. The zero-order chi connectivity index (χ0) is 18.7. The normalized spacial score (nSPS) is 11.7. The van der Waals surface area contributed by atoms with Crippen LogP contribution in [0.5, 0.6) is 0 Å². The first-order valence-electron chi connectivity index (χ1n) is 7.48. The van der Waals surface area contributed by atoms with Crippen molar-refractivity contribution in [3.05, 3.63) is 57.1 Å². The molecular weight excluding hydrogens is 362 g/mol. The molecule has 1 aromatic carbocycles. The topological polar surface area (TPSA) is 117 Å². The molecule has 0 N–H and O–H groups in total. The van der Waals surface area contributed by atoms with Gasteiger partial charge in [0.15, 0.2) is 4.80 Å². The summed E-state index contributed by atoms with van der Waals surface area (Å²) in [7, 11) is 1.30. The number of amides is 1. The van der Waals surface area contributed by atoms with Gasteiger partial charge in [-0.3, -0.25) is 19.7 Å². The minimum atomic E-state index is -0.739. The van der Waals surface area contributed by atoms with E-state index in [-0.39, 0.29) is 24.7 Å². The standard InChI is InChI=1S/C16H13N3O6S/c1-24-14(20)8-9-18-10-4-2-3-5-12(10)26-16(18)17-15(21)11-6-7-13(25-11)19(22)23/h2-7H,8-9H2,1H3. The van der Waals surface area contributed by atoms with E-state index in [1.54, 1.807) is 4.57 Å². The highest BCUT2D eigenvalue weighted by Gasteiger charge is 2.17. The lowest BCUT2D eigenvalue weighted by atomic mass is 10.3. The molecule has 0 aliphatic heterocycles. The molecular formula is C16H13N3O6S. The number of nitro groups is 1. The van der Waals surface area contributed by atoms with E-state index in [4.69, 9.17) is 4.42 Å². The Balaban J connectivity index is 2.01. The number of thiazole rings is 1. The van der Waals surface area contributed by atoms with E-state index in [0.29, 0.717) is 4.80 Å². The van der Waals surface area contributed by atoms with Crippen molar-refractivity contribution in [3.63, 3.8) is 0 Å². The molecule has 0 spiro atoms. The van der Waals surface area contributed by atoms with Crippen molar-refractivity contribution in [1.29, 1.82) is 0 Å². The third kappa shape index (κ3) is 3.54. The zero-order valence-corrected chi connectivity index (χ0v) is 14.4. The minimum Gasteiger partial charge on any atom is -0.469 e. The second-order valence-corrected chi connectivity index (χ2v) is 6.15. The molecule has 0 fully saturated rings. The van der Waals surface area contributed by atoms with Crippen LogP contribution in [-0.2, 0) is 16.1 Å². The van der Waals surface area contributed by atoms with Crippen molar-refractivity contribution in [3.8, 4) is 0 Å². The number of furan rings is 1. The number of hydrogen-bond donors (Lipinski definition) is 0. The summed E-state index contributed by atoms with van der Waals surface area (Å²) in [5, 5.41) is 10.7. The highest BCUT2D eigenvalue weighted by molar-refractivity contribution is 7.16. The van der Waals surface area contributed by atoms with Crippen molar-refractivity contribution in [2.75, 3.05) is 7.11 Å². The molecule has 0 saturated heterocycles. The highest BCUT2D eigenvalue weighted by Crippen LogP contribution is 2.19. The Morgan fingerprint density at radius 1 is 1.31 bits per heavy atom. The number of aromatic nitrogens is 1. The Kier molecular flexibility index (Phi) is 4.94. The van der Waals surface area contributed by atoms with Crippen LogP contribution in [0, 0.1) is 10.1 Å². The van der Waals surface area contributed by atoms with Crippen molar-refractivity contribution < 1.29 is 23.7 Å². The van der Waals surface area contributed by atoms with Gasteiger partial charge in [0, 0.05) is 6.54 Å². The maximum absolute atomic E-state index is 12.3. The molecule has 0 aliphatic carbocycles. The van der Waals surface area contributed by atoms with Crippen LogP contribution in [0.15, 0.2) is 45.8 Å². The summed E-state index contributed by atoms with van der Waals surface area (Å²) < 4.78 is 12.2. The number of carbonyl (C=O) groups excluding carboxylic acids is 2. The molecule has 2 heterocycles. The van der Waals surface area contributed by atoms with E-state index < -0.39 is 16.7 Å². The first-order valence-corrected chi connectivity index (χ1v) is 8.29. The average Bonchev–Trinajstić information content (AvgIpc) is 3.24. The largest absolute Gasteiger partial charge is 0.469 e. The van der Waals surface area contributed by atoms with Gasteiger partial charge < -0.3 is 13.7 Å². The smallest absolute Gasteiger partial charge is 0.433 e. The number of hydrogen-bond acceptors (Lipinski definition) is 7. The van der Waals surface area contributed by atoms with E-state index in [0.717, 1.165) is 16.3 Å². The van der Waals surface area contributed by atoms with Gasteiger partial charge in [0.1, 0.15) is 4.92 Å². The fourth-order valence-corrected chi connectivity index (χ4v) is 3.36. The Bertz CT molecular complexity index is 1060. The summed E-state index contributed by atoms with van der Waals surface area (Å²) in [5.41, 5.74) is 0.818. The molecule has 9 nitrogen and oxygen atoms in total. The molecule has 3 aromatic rings. The third-order valence-electron chi connectivity index (χ3n) is 3.54. The zero-order valence-electron chi connectivity index (χ0n) is 13.6. The van der Waals surface area contributed by atoms with E-state index in [9.17, 15) is 19.7 Å². The van der Waals surface area contributed by atoms with Crippen LogP contribution in [-0.4, -0.2) is 28.5 Å². The number of para-hydroxylation sites is 1. The minimum absolute atomic E-state index is 0.116. The molecule has 0 atom stereocenters. The number of aryl methyl sites for hydroxylation is 1. The molecule has 1 amide bonds. The van der Waals surface area contributed by atoms with Gasteiger partial charge >= 0.3 is 17.8 Å². The second kappa shape index (κ2) is 7.31. The molecule has 2 aromatic heterocycles. The SMILES string of the molecule is COC(=O)CCn1c(=NC(=O)c2ccc([N+](=O)[O-])o2)sc2ccccc21. The summed E-state index contributed by atoms with van der Waals surface area (Å²) in [6, 6.07) is 9.71. The number of ether oxygens (including phenoxy) is 1. The Morgan fingerprint density at radius 2 is 2.08 bits per heavy atom. The lowest BCUT2D eigenvalue weighted by Gasteiger charge is -2.03. The average molecular weight is 375 g/mol. The van der Waals surface area contributed by atoms with Crippen LogP contribution in [0.25, 0.3) is 10.2 Å². The molecule has 0 saturated carbocycles. The summed E-state index contributed by atoms with van der Waals surface area (Å²) in [6.45, 7) is 0.279. The second-order valence-electron chi connectivity index (χ2n) is 5.14. The number of fused-ring (bicyclic) bond motifs is 1. The number of benzene rings is 1. The molecule has 0 unspecified atom stereocenters. The summed E-state index contributed by atoms with van der Waals surface area (Å²) >= 11 is 1.27. The Labute approximate surface area is 150 Å². The quantitative estimate of drug-likeness (QED) is 0.384. The molecule has 0 aliphatic rings. The van der Waals surface area contributed by atoms with Crippen LogP contribution in [0.3, 0.4) is 0 Å². The van der Waals surface area contributed by atoms with Gasteiger partial charge in [-0.05, 0) is 18.2 Å². The maximum atomic E-state index is 12.3. The first kappa shape index (κ1) is 17.5. The van der Waals surface area contributed by atoms with Crippen LogP contribution < -0.4 is 4.80 Å². The summed E-state index contributed by atoms with van der Waals surface area (Å²) in [4.78, 5) is 38.1. The van der Waals surface area contributed by atoms with E-state index in [2.05, 4.69) is 9.73 Å². The molecule has 0 bridgehead atoms. The van der Waals surface area contributed by atoms with Crippen LogP contribution in [0.2, 0.25) is 0 Å². The summed E-state index contributed by atoms with van der Waals surface area (Å²) in [5.74, 6) is -1.88. The van der Waals surface area contributed by atoms with Crippen molar-refractivity contribution in [2.24, 2.45) is 4.99 Å². The van der Waals surface area contributed by atoms with Gasteiger partial charge in [-0.1, -0.05) is 23.5 Å². The van der Waals surface area contributed by atoms with Crippen LogP contribution in [0.1, 0.15) is 17.0 Å². The monoisotopic (exact) mass is 375 g/mol. The molecule has 26 heavy (non-hydrogen) atoms. The maximum Gasteiger partial charge on any atom is 0.433 e. The van der Waals surface area contributed by atoms with Crippen LogP contribution in [0.4, 0.5) is 5.88 Å². The van der Waals surface area contributed by atoms with E-state index in [1.807, 2.05) is 24.3 Å². The van der Waals surface area contributed by atoms with Crippen molar-refractivity contribution >= 4 is 39.3 Å². The molecule has 134 valence electrons. The Hall–Kier alpha value is -3.27. The number of nitrogens with zero attached hydrogens (tertiary/aromatic N) is 3. The number of rotatable bonds is 5. The third-order valence-corrected chi connectivity index (χ3v) is 4.59.